The average molecular weight is 444 g/mol. The van der Waals surface area contributed by atoms with Gasteiger partial charge in [-0.15, -0.1) is 10.2 Å². The maximum Gasteiger partial charge on any atom is 0.417 e. The van der Waals surface area contributed by atoms with Gasteiger partial charge in [-0.3, -0.25) is 14.0 Å². The third-order valence-electron chi connectivity index (χ3n) is 3.84. The van der Waals surface area contributed by atoms with Crippen molar-refractivity contribution in [3.8, 4) is 0 Å². The Morgan fingerprint density at radius 3 is 2.48 bits per heavy atom. The molecule has 0 aliphatic rings. The SMILES string of the molecule is CC(Sc1nnc2c(Cl)cc(C(F)(F)F)cn12)C(=O)Nc1ccc(C(N)=O)cc1. The minimum Gasteiger partial charge on any atom is -0.366 e. The number of aromatic nitrogens is 3. The van der Waals surface area contributed by atoms with E-state index in [1.807, 2.05) is 0 Å². The summed E-state index contributed by atoms with van der Waals surface area (Å²) < 4.78 is 40.2. The predicted molar refractivity (Wildman–Crippen MR) is 102 cm³/mol. The van der Waals surface area contributed by atoms with E-state index >= 15 is 0 Å². The van der Waals surface area contributed by atoms with Crippen LogP contribution in [0.15, 0.2) is 41.7 Å². The van der Waals surface area contributed by atoms with E-state index in [4.69, 9.17) is 17.3 Å². The van der Waals surface area contributed by atoms with Crippen LogP contribution in [0, 0.1) is 0 Å². The summed E-state index contributed by atoms with van der Waals surface area (Å²) in [6.07, 6.45) is -3.76. The molecule has 3 rings (SSSR count). The van der Waals surface area contributed by atoms with Gasteiger partial charge in [0.1, 0.15) is 0 Å². The van der Waals surface area contributed by atoms with Gasteiger partial charge in [0.15, 0.2) is 10.8 Å². The molecule has 0 saturated carbocycles. The summed E-state index contributed by atoms with van der Waals surface area (Å²) in [5.74, 6) is -1.01. The van der Waals surface area contributed by atoms with E-state index < -0.39 is 28.8 Å². The molecule has 2 amide bonds. The van der Waals surface area contributed by atoms with Crippen molar-refractivity contribution in [1.82, 2.24) is 14.6 Å². The summed E-state index contributed by atoms with van der Waals surface area (Å²) in [4.78, 5) is 23.5. The zero-order chi connectivity index (χ0) is 21.3. The van der Waals surface area contributed by atoms with Crippen LogP contribution in [0.2, 0.25) is 5.02 Å². The first-order valence-electron chi connectivity index (χ1n) is 8.05. The molecule has 0 spiro atoms. The molecule has 0 fully saturated rings. The zero-order valence-electron chi connectivity index (χ0n) is 14.7. The number of carbonyl (C=O) groups excluding carboxylic acids is 2. The number of halogens is 4. The number of rotatable bonds is 5. The Labute approximate surface area is 171 Å². The van der Waals surface area contributed by atoms with Crippen molar-refractivity contribution in [3.05, 3.63) is 52.7 Å². The van der Waals surface area contributed by atoms with Gasteiger partial charge in [0.05, 0.1) is 15.8 Å². The van der Waals surface area contributed by atoms with E-state index in [9.17, 15) is 22.8 Å². The van der Waals surface area contributed by atoms with Crippen LogP contribution in [-0.4, -0.2) is 31.7 Å². The summed E-state index contributed by atoms with van der Waals surface area (Å²) in [5, 5.41) is 9.42. The zero-order valence-corrected chi connectivity index (χ0v) is 16.3. The number of amides is 2. The topological polar surface area (TPSA) is 102 Å². The van der Waals surface area contributed by atoms with Crippen molar-refractivity contribution in [2.24, 2.45) is 5.73 Å². The number of pyridine rings is 1. The van der Waals surface area contributed by atoms with Gasteiger partial charge in [0, 0.05) is 17.4 Å². The van der Waals surface area contributed by atoms with Crippen molar-refractivity contribution < 1.29 is 22.8 Å². The molecule has 0 bridgehead atoms. The molecule has 0 radical (unpaired) electrons. The highest BCUT2D eigenvalue weighted by Crippen LogP contribution is 2.34. The van der Waals surface area contributed by atoms with E-state index in [2.05, 4.69) is 15.5 Å². The Hall–Kier alpha value is -2.79. The van der Waals surface area contributed by atoms with Gasteiger partial charge in [-0.05, 0) is 37.3 Å². The lowest BCUT2D eigenvalue weighted by atomic mass is 10.2. The first kappa shape index (κ1) is 20.9. The summed E-state index contributed by atoms with van der Waals surface area (Å²) >= 11 is 6.80. The molecular formula is C17H13ClF3N5O2S. The number of hydrogen-bond acceptors (Lipinski definition) is 5. The fourth-order valence-electron chi connectivity index (χ4n) is 2.34. The molecular weight excluding hydrogens is 431 g/mol. The number of nitrogens with one attached hydrogen (secondary N) is 1. The van der Waals surface area contributed by atoms with Crippen LogP contribution in [0.3, 0.4) is 0 Å². The third-order valence-corrected chi connectivity index (χ3v) is 5.18. The first-order chi connectivity index (χ1) is 13.6. The van der Waals surface area contributed by atoms with Crippen molar-refractivity contribution in [2.45, 2.75) is 23.5 Å². The number of nitrogens with zero attached hydrogens (tertiary/aromatic N) is 3. The molecule has 3 aromatic rings. The molecule has 1 atom stereocenters. The number of anilines is 1. The van der Waals surface area contributed by atoms with Crippen molar-refractivity contribution >= 4 is 46.5 Å². The number of hydrogen-bond donors (Lipinski definition) is 2. The normalized spacial score (nSPS) is 12.7. The van der Waals surface area contributed by atoms with Crippen molar-refractivity contribution in [1.29, 1.82) is 0 Å². The lowest BCUT2D eigenvalue weighted by Gasteiger charge is -2.12. The summed E-state index contributed by atoms with van der Waals surface area (Å²) in [6, 6.07) is 6.71. The van der Waals surface area contributed by atoms with Crippen LogP contribution in [0.1, 0.15) is 22.8 Å². The molecule has 7 nitrogen and oxygen atoms in total. The van der Waals surface area contributed by atoms with Crippen molar-refractivity contribution in [2.75, 3.05) is 5.32 Å². The molecule has 3 N–H and O–H groups in total. The number of thioether (sulfide) groups is 1. The van der Waals surface area contributed by atoms with E-state index in [-0.39, 0.29) is 21.4 Å². The smallest absolute Gasteiger partial charge is 0.366 e. The van der Waals surface area contributed by atoms with Crippen LogP contribution in [0.5, 0.6) is 0 Å². The summed E-state index contributed by atoms with van der Waals surface area (Å²) in [5.41, 5.74) is 4.98. The van der Waals surface area contributed by atoms with Gasteiger partial charge >= 0.3 is 6.18 Å². The van der Waals surface area contributed by atoms with Gasteiger partial charge in [0.25, 0.3) is 0 Å². The molecule has 12 heteroatoms. The van der Waals surface area contributed by atoms with Gasteiger partial charge in [-0.2, -0.15) is 13.2 Å². The van der Waals surface area contributed by atoms with Gasteiger partial charge in [-0.25, -0.2) is 0 Å². The second-order valence-electron chi connectivity index (χ2n) is 5.94. The highest BCUT2D eigenvalue weighted by Gasteiger charge is 2.32. The van der Waals surface area contributed by atoms with E-state index in [1.165, 1.54) is 24.3 Å². The largest absolute Gasteiger partial charge is 0.417 e. The van der Waals surface area contributed by atoms with Gasteiger partial charge in [-0.1, -0.05) is 23.4 Å². The molecule has 1 unspecified atom stereocenters. The second-order valence-corrected chi connectivity index (χ2v) is 7.66. The molecule has 2 heterocycles. The number of benzene rings is 1. The van der Waals surface area contributed by atoms with Crippen LogP contribution < -0.4 is 11.1 Å². The number of primary amides is 1. The maximum absolute atomic E-state index is 13.0. The van der Waals surface area contributed by atoms with Gasteiger partial charge < -0.3 is 11.1 Å². The Morgan fingerprint density at radius 1 is 1.24 bits per heavy atom. The molecule has 0 saturated heterocycles. The van der Waals surface area contributed by atoms with Crippen molar-refractivity contribution in [3.63, 3.8) is 0 Å². The molecule has 2 aromatic heterocycles. The summed E-state index contributed by atoms with van der Waals surface area (Å²) in [7, 11) is 0. The fourth-order valence-corrected chi connectivity index (χ4v) is 3.41. The lowest BCUT2D eigenvalue weighted by Crippen LogP contribution is -2.22. The van der Waals surface area contributed by atoms with E-state index in [1.54, 1.807) is 6.92 Å². The Bertz CT molecular complexity index is 1090. The average Bonchev–Trinajstić information content (AvgIpc) is 3.05. The van der Waals surface area contributed by atoms with Crippen LogP contribution >= 0.6 is 23.4 Å². The number of alkyl halides is 3. The van der Waals surface area contributed by atoms with Crippen LogP contribution in [0.25, 0.3) is 5.65 Å². The standard InChI is InChI=1S/C17H13ClF3N5O2S/c1-8(15(28)23-11-4-2-9(3-5-11)13(22)27)29-16-25-24-14-12(18)6-10(7-26(14)16)17(19,20)21/h2-8H,1H3,(H2,22,27)(H,23,28). The quantitative estimate of drug-likeness (QED) is 0.586. The molecule has 1 aromatic carbocycles. The number of carbonyl (C=O) groups is 2. The van der Waals surface area contributed by atoms with Crippen LogP contribution in [-0.2, 0) is 11.0 Å². The van der Waals surface area contributed by atoms with Gasteiger partial charge in [0.2, 0.25) is 11.8 Å². The number of fused-ring (bicyclic) bond motifs is 1. The maximum atomic E-state index is 13.0. The predicted octanol–water partition coefficient (Wildman–Crippen LogP) is 3.62. The molecule has 29 heavy (non-hydrogen) atoms. The summed E-state index contributed by atoms with van der Waals surface area (Å²) in [6.45, 7) is 1.56. The van der Waals surface area contributed by atoms with E-state index in [0.717, 1.165) is 28.4 Å². The third kappa shape index (κ3) is 4.62. The highest BCUT2D eigenvalue weighted by atomic mass is 35.5. The fraction of sp³-hybridized carbons (Fsp3) is 0.176. The lowest BCUT2D eigenvalue weighted by molar-refractivity contribution is -0.137. The molecule has 152 valence electrons. The Kier molecular flexibility index (Phi) is 5.71. The molecule has 0 aliphatic heterocycles. The van der Waals surface area contributed by atoms with Crippen LogP contribution in [0.4, 0.5) is 18.9 Å². The van der Waals surface area contributed by atoms with E-state index in [0.29, 0.717) is 5.69 Å². The molecule has 0 aliphatic carbocycles. The minimum absolute atomic E-state index is 0.0526. The minimum atomic E-state index is -4.59. The first-order valence-corrected chi connectivity index (χ1v) is 9.31. The highest BCUT2D eigenvalue weighted by molar-refractivity contribution is 8.00. The second kappa shape index (κ2) is 7.91. The number of nitrogens with two attached hydrogens (primary N) is 1. The Morgan fingerprint density at radius 2 is 1.90 bits per heavy atom. The monoisotopic (exact) mass is 443 g/mol. The Balaban J connectivity index is 1.78.